The number of benzene rings is 2. The van der Waals surface area contributed by atoms with E-state index in [1.807, 2.05) is 61.2 Å². The Hall–Kier alpha value is -2.36. The molecular weight excluding hydrogens is 276 g/mol. The van der Waals surface area contributed by atoms with Crippen LogP contribution in [0.2, 0.25) is 0 Å². The van der Waals surface area contributed by atoms with E-state index in [1.54, 1.807) is 4.90 Å². The van der Waals surface area contributed by atoms with Crippen LogP contribution in [0.15, 0.2) is 42.5 Å². The second kappa shape index (κ2) is 5.79. The lowest BCUT2D eigenvalue weighted by Crippen LogP contribution is -2.57. The van der Waals surface area contributed by atoms with E-state index in [0.29, 0.717) is 18.7 Å². The number of carbonyl (C=O) groups excluding carboxylic acids is 2. The molecule has 3 rings (SSSR count). The Morgan fingerprint density at radius 2 is 1.77 bits per heavy atom. The first kappa shape index (κ1) is 14.6. The third kappa shape index (κ3) is 2.56. The third-order valence-electron chi connectivity index (χ3n) is 4.43. The number of fused-ring (bicyclic) bond motifs is 1. The molecule has 2 aromatic carbocycles. The molecule has 0 radical (unpaired) electrons. The molecule has 22 heavy (non-hydrogen) atoms. The molecule has 1 aliphatic heterocycles. The molecule has 1 heterocycles. The Kier molecular flexibility index (Phi) is 3.84. The molecular formula is C18H20N2O2. The average molecular weight is 296 g/mol. The fourth-order valence-electron chi connectivity index (χ4n) is 3.07. The van der Waals surface area contributed by atoms with Crippen molar-refractivity contribution in [3.05, 3.63) is 48.0 Å². The summed E-state index contributed by atoms with van der Waals surface area (Å²) in [4.78, 5) is 27.5. The van der Waals surface area contributed by atoms with Crippen molar-refractivity contribution in [3.8, 4) is 0 Å². The standard InChI is InChI=1S/C18H20N2O2/c1-13-11-20(14(2)10-19(13)12-21)18(22)17-8-7-15-5-3-4-6-16(15)9-17/h3-9,12-14H,10-11H2,1-2H3/t13-,14+/m0/s1. The molecule has 4 nitrogen and oxygen atoms in total. The Bertz CT molecular complexity index is 713. The van der Waals surface area contributed by atoms with Gasteiger partial charge in [0.05, 0.1) is 0 Å². The second-order valence-electron chi connectivity index (χ2n) is 6.02. The first-order valence-corrected chi connectivity index (χ1v) is 7.61. The Morgan fingerprint density at radius 3 is 2.50 bits per heavy atom. The van der Waals surface area contributed by atoms with Crippen LogP contribution >= 0.6 is 0 Å². The molecule has 1 fully saturated rings. The maximum absolute atomic E-state index is 12.8. The van der Waals surface area contributed by atoms with E-state index < -0.39 is 0 Å². The predicted octanol–water partition coefficient (Wildman–Crippen LogP) is 2.53. The van der Waals surface area contributed by atoms with Crippen molar-refractivity contribution in [3.63, 3.8) is 0 Å². The van der Waals surface area contributed by atoms with Crippen LogP contribution in [0.25, 0.3) is 10.8 Å². The molecule has 0 saturated carbocycles. The minimum absolute atomic E-state index is 0.0281. The normalized spacial score (nSPS) is 21.9. The van der Waals surface area contributed by atoms with Crippen molar-refractivity contribution in [2.24, 2.45) is 0 Å². The van der Waals surface area contributed by atoms with Crippen LogP contribution in [0.4, 0.5) is 0 Å². The van der Waals surface area contributed by atoms with Gasteiger partial charge in [0.2, 0.25) is 6.41 Å². The largest absolute Gasteiger partial charge is 0.339 e. The van der Waals surface area contributed by atoms with Gasteiger partial charge >= 0.3 is 0 Å². The summed E-state index contributed by atoms with van der Waals surface area (Å²) in [6, 6.07) is 13.9. The maximum atomic E-state index is 12.8. The van der Waals surface area contributed by atoms with Crippen molar-refractivity contribution in [2.45, 2.75) is 25.9 Å². The van der Waals surface area contributed by atoms with E-state index in [9.17, 15) is 9.59 Å². The highest BCUT2D eigenvalue weighted by Gasteiger charge is 2.31. The number of piperazine rings is 1. The molecule has 2 amide bonds. The molecule has 0 bridgehead atoms. The number of hydrogen-bond acceptors (Lipinski definition) is 2. The molecule has 2 aromatic rings. The molecule has 0 aliphatic carbocycles. The molecule has 114 valence electrons. The zero-order chi connectivity index (χ0) is 15.7. The van der Waals surface area contributed by atoms with Gasteiger partial charge in [-0.25, -0.2) is 0 Å². The molecule has 4 heteroatoms. The highest BCUT2D eigenvalue weighted by Crippen LogP contribution is 2.20. The summed E-state index contributed by atoms with van der Waals surface area (Å²) >= 11 is 0. The SMILES string of the molecule is C[C@@H]1CN(C=O)[C@@H](C)CN1C(=O)c1ccc2ccccc2c1. The summed E-state index contributed by atoms with van der Waals surface area (Å²) in [5.41, 5.74) is 0.706. The Morgan fingerprint density at radius 1 is 1.05 bits per heavy atom. The summed E-state index contributed by atoms with van der Waals surface area (Å²) in [6.07, 6.45) is 0.874. The van der Waals surface area contributed by atoms with Gasteiger partial charge in [-0.1, -0.05) is 30.3 Å². The van der Waals surface area contributed by atoms with Gasteiger partial charge in [-0.15, -0.1) is 0 Å². The predicted molar refractivity (Wildman–Crippen MR) is 86.7 cm³/mol. The van der Waals surface area contributed by atoms with Gasteiger partial charge in [0.1, 0.15) is 0 Å². The Balaban J connectivity index is 1.87. The lowest BCUT2D eigenvalue weighted by atomic mass is 10.0. The van der Waals surface area contributed by atoms with Gasteiger partial charge in [-0.3, -0.25) is 9.59 Å². The lowest BCUT2D eigenvalue weighted by molar-refractivity contribution is -0.122. The molecule has 0 aromatic heterocycles. The molecule has 0 spiro atoms. The molecule has 0 N–H and O–H groups in total. The van der Waals surface area contributed by atoms with Crippen LogP contribution in [0.1, 0.15) is 24.2 Å². The van der Waals surface area contributed by atoms with Crippen molar-refractivity contribution < 1.29 is 9.59 Å². The van der Waals surface area contributed by atoms with Crippen LogP contribution in [-0.4, -0.2) is 47.3 Å². The first-order valence-electron chi connectivity index (χ1n) is 7.61. The zero-order valence-electron chi connectivity index (χ0n) is 12.9. The summed E-state index contributed by atoms with van der Waals surface area (Å²) < 4.78 is 0. The van der Waals surface area contributed by atoms with E-state index in [2.05, 4.69) is 0 Å². The minimum atomic E-state index is 0.0281. The molecule has 2 atom stereocenters. The fourth-order valence-corrected chi connectivity index (χ4v) is 3.07. The molecule has 1 saturated heterocycles. The Labute approximate surface area is 130 Å². The second-order valence-corrected chi connectivity index (χ2v) is 6.02. The minimum Gasteiger partial charge on any atom is -0.339 e. The first-order chi connectivity index (χ1) is 10.6. The van der Waals surface area contributed by atoms with Crippen molar-refractivity contribution in [1.82, 2.24) is 9.80 Å². The van der Waals surface area contributed by atoms with E-state index in [1.165, 1.54) is 0 Å². The number of carbonyl (C=O) groups is 2. The van der Waals surface area contributed by atoms with Gasteiger partial charge in [-0.2, -0.15) is 0 Å². The number of rotatable bonds is 2. The van der Waals surface area contributed by atoms with Crippen LogP contribution in [0, 0.1) is 0 Å². The smallest absolute Gasteiger partial charge is 0.254 e. The van der Waals surface area contributed by atoms with Crippen LogP contribution in [-0.2, 0) is 4.79 Å². The van der Waals surface area contributed by atoms with Crippen LogP contribution in [0.3, 0.4) is 0 Å². The quantitative estimate of drug-likeness (QED) is 0.799. The van der Waals surface area contributed by atoms with E-state index in [-0.39, 0.29) is 18.0 Å². The summed E-state index contributed by atoms with van der Waals surface area (Å²) in [6.45, 7) is 5.12. The van der Waals surface area contributed by atoms with Gasteiger partial charge in [-0.05, 0) is 36.8 Å². The topological polar surface area (TPSA) is 40.6 Å². The summed E-state index contributed by atoms with van der Waals surface area (Å²) in [7, 11) is 0. The average Bonchev–Trinajstić information content (AvgIpc) is 2.55. The van der Waals surface area contributed by atoms with E-state index >= 15 is 0 Å². The highest BCUT2D eigenvalue weighted by molar-refractivity contribution is 5.98. The van der Waals surface area contributed by atoms with Gasteiger partial charge < -0.3 is 9.80 Å². The molecule has 0 unspecified atom stereocenters. The van der Waals surface area contributed by atoms with Gasteiger partial charge in [0.15, 0.2) is 0 Å². The van der Waals surface area contributed by atoms with Crippen molar-refractivity contribution in [1.29, 1.82) is 0 Å². The van der Waals surface area contributed by atoms with Crippen LogP contribution in [0.5, 0.6) is 0 Å². The molecule has 1 aliphatic rings. The van der Waals surface area contributed by atoms with Crippen LogP contribution < -0.4 is 0 Å². The monoisotopic (exact) mass is 296 g/mol. The van der Waals surface area contributed by atoms with E-state index in [0.717, 1.165) is 17.2 Å². The van der Waals surface area contributed by atoms with E-state index in [4.69, 9.17) is 0 Å². The summed E-state index contributed by atoms with van der Waals surface area (Å²) in [5.74, 6) is 0.0376. The van der Waals surface area contributed by atoms with Gasteiger partial charge in [0, 0.05) is 30.7 Å². The highest BCUT2D eigenvalue weighted by atomic mass is 16.2. The number of hydrogen-bond donors (Lipinski definition) is 0. The maximum Gasteiger partial charge on any atom is 0.254 e. The van der Waals surface area contributed by atoms with Crippen molar-refractivity contribution >= 4 is 23.1 Å². The lowest BCUT2D eigenvalue weighted by Gasteiger charge is -2.42. The summed E-state index contributed by atoms with van der Waals surface area (Å²) in [5, 5.41) is 2.20. The zero-order valence-corrected chi connectivity index (χ0v) is 12.9. The third-order valence-corrected chi connectivity index (χ3v) is 4.43. The van der Waals surface area contributed by atoms with Gasteiger partial charge in [0.25, 0.3) is 5.91 Å². The fraction of sp³-hybridized carbons (Fsp3) is 0.333. The number of amides is 2. The van der Waals surface area contributed by atoms with Crippen molar-refractivity contribution in [2.75, 3.05) is 13.1 Å². The number of nitrogens with zero attached hydrogens (tertiary/aromatic N) is 2.